The second-order valence-corrected chi connectivity index (χ2v) is 7.10. The number of rotatable bonds is 6. The van der Waals surface area contributed by atoms with Gasteiger partial charge in [-0.1, -0.05) is 48.0 Å². The third kappa shape index (κ3) is 4.14. The first kappa shape index (κ1) is 19.8. The average molecular weight is 399 g/mol. The highest BCUT2D eigenvalue weighted by Gasteiger charge is 2.09. The largest absolute Gasteiger partial charge is 0.341 e. The average Bonchev–Trinajstić information content (AvgIpc) is 3.00. The van der Waals surface area contributed by atoms with E-state index in [1.165, 1.54) is 32.9 Å². The van der Waals surface area contributed by atoms with Gasteiger partial charge in [0.2, 0.25) is 0 Å². The highest BCUT2D eigenvalue weighted by atomic mass is 35.5. The van der Waals surface area contributed by atoms with Crippen molar-refractivity contribution in [2.24, 2.45) is 0 Å². The standard InChI is InChI=1S/C23H23ClN2.ClH/c1-2-26-22-6-4-3-5-20(22)21-15-18(9-12-23(21)26)16-25-14-13-17-7-10-19(24)11-8-17;/h3-12,15,25H,2,13-14,16H2,1H3;1H. The summed E-state index contributed by atoms with van der Waals surface area (Å²) < 4.78 is 2.39. The number of nitrogens with zero attached hydrogens (tertiary/aromatic N) is 1. The number of hydrogen-bond donors (Lipinski definition) is 1. The maximum absolute atomic E-state index is 5.94. The Bertz CT molecular complexity index is 1040. The van der Waals surface area contributed by atoms with Crippen molar-refractivity contribution in [1.29, 1.82) is 0 Å². The number of nitrogens with one attached hydrogen (secondary N) is 1. The number of aryl methyl sites for hydroxylation is 1. The van der Waals surface area contributed by atoms with E-state index in [4.69, 9.17) is 11.6 Å². The topological polar surface area (TPSA) is 17.0 Å². The van der Waals surface area contributed by atoms with Crippen LogP contribution < -0.4 is 5.32 Å². The van der Waals surface area contributed by atoms with Gasteiger partial charge in [-0.2, -0.15) is 0 Å². The molecule has 2 nitrogen and oxygen atoms in total. The molecule has 0 saturated carbocycles. The number of halogens is 2. The van der Waals surface area contributed by atoms with E-state index >= 15 is 0 Å². The van der Waals surface area contributed by atoms with Gasteiger partial charge >= 0.3 is 0 Å². The minimum atomic E-state index is 0. The van der Waals surface area contributed by atoms with Gasteiger partial charge in [0.05, 0.1) is 0 Å². The number of hydrogen-bond acceptors (Lipinski definition) is 1. The molecule has 0 bridgehead atoms. The van der Waals surface area contributed by atoms with E-state index in [1.807, 2.05) is 12.1 Å². The molecule has 4 heteroatoms. The van der Waals surface area contributed by atoms with Crippen LogP contribution in [0.3, 0.4) is 0 Å². The summed E-state index contributed by atoms with van der Waals surface area (Å²) in [5, 5.41) is 7.04. The van der Waals surface area contributed by atoms with E-state index < -0.39 is 0 Å². The molecule has 140 valence electrons. The maximum Gasteiger partial charge on any atom is 0.0491 e. The van der Waals surface area contributed by atoms with E-state index in [0.717, 1.165) is 31.1 Å². The van der Waals surface area contributed by atoms with Crippen molar-refractivity contribution in [3.8, 4) is 0 Å². The molecule has 1 aromatic heterocycles. The number of aromatic nitrogens is 1. The lowest BCUT2D eigenvalue weighted by molar-refractivity contribution is 0.687. The van der Waals surface area contributed by atoms with Gasteiger partial charge < -0.3 is 9.88 Å². The SMILES string of the molecule is CCn1c2ccccc2c2cc(CNCCc3ccc(Cl)cc3)ccc21.Cl. The molecule has 1 heterocycles. The first-order chi connectivity index (χ1) is 12.8. The molecule has 0 atom stereocenters. The molecule has 0 saturated heterocycles. The maximum atomic E-state index is 5.94. The Balaban J connectivity index is 0.00000210. The van der Waals surface area contributed by atoms with Gasteiger partial charge in [0.1, 0.15) is 0 Å². The molecule has 1 N–H and O–H groups in total. The summed E-state index contributed by atoms with van der Waals surface area (Å²) >= 11 is 5.94. The van der Waals surface area contributed by atoms with Crippen LogP contribution in [0.1, 0.15) is 18.1 Å². The van der Waals surface area contributed by atoms with Crippen LogP contribution in [-0.2, 0) is 19.5 Å². The molecule has 3 aromatic carbocycles. The molecule has 0 radical (unpaired) electrons. The van der Waals surface area contributed by atoms with Crippen LogP contribution in [0.15, 0.2) is 66.7 Å². The van der Waals surface area contributed by atoms with Crippen molar-refractivity contribution >= 4 is 45.8 Å². The lowest BCUT2D eigenvalue weighted by Gasteiger charge is -2.07. The molecule has 0 unspecified atom stereocenters. The van der Waals surface area contributed by atoms with E-state index in [0.29, 0.717) is 0 Å². The summed E-state index contributed by atoms with van der Waals surface area (Å²) in [4.78, 5) is 0. The highest BCUT2D eigenvalue weighted by molar-refractivity contribution is 6.30. The lowest BCUT2D eigenvalue weighted by Crippen LogP contribution is -2.16. The summed E-state index contributed by atoms with van der Waals surface area (Å²) in [6, 6.07) is 23.6. The Hall–Kier alpha value is -2.00. The first-order valence-electron chi connectivity index (χ1n) is 9.21. The zero-order valence-corrected chi connectivity index (χ0v) is 17.0. The quantitative estimate of drug-likeness (QED) is 0.381. The fourth-order valence-corrected chi connectivity index (χ4v) is 3.79. The first-order valence-corrected chi connectivity index (χ1v) is 9.59. The van der Waals surface area contributed by atoms with Gasteiger partial charge in [-0.05, 0) is 61.3 Å². The van der Waals surface area contributed by atoms with Crippen molar-refractivity contribution in [3.63, 3.8) is 0 Å². The van der Waals surface area contributed by atoms with Crippen LogP contribution in [0.4, 0.5) is 0 Å². The molecule has 0 aliphatic heterocycles. The third-order valence-corrected chi connectivity index (χ3v) is 5.24. The second kappa shape index (κ2) is 8.79. The van der Waals surface area contributed by atoms with Crippen molar-refractivity contribution in [3.05, 3.63) is 82.9 Å². The molecule has 0 amide bonds. The normalized spacial score (nSPS) is 11.0. The molecule has 0 aliphatic carbocycles. The Morgan fingerprint density at radius 2 is 1.56 bits per heavy atom. The number of fused-ring (bicyclic) bond motifs is 3. The summed E-state index contributed by atoms with van der Waals surface area (Å²) in [5.41, 5.74) is 5.27. The summed E-state index contributed by atoms with van der Waals surface area (Å²) in [6.07, 6.45) is 1.01. The van der Waals surface area contributed by atoms with Gasteiger partial charge in [0.15, 0.2) is 0 Å². The van der Waals surface area contributed by atoms with Crippen LogP contribution in [0.2, 0.25) is 5.02 Å². The second-order valence-electron chi connectivity index (χ2n) is 6.67. The molecule has 0 fully saturated rings. The Morgan fingerprint density at radius 1 is 0.852 bits per heavy atom. The summed E-state index contributed by atoms with van der Waals surface area (Å²) in [5.74, 6) is 0. The molecule has 0 spiro atoms. The van der Waals surface area contributed by atoms with Crippen LogP contribution in [0.25, 0.3) is 21.8 Å². The predicted molar refractivity (Wildman–Crippen MR) is 119 cm³/mol. The zero-order valence-electron chi connectivity index (χ0n) is 15.4. The molecular formula is C23H24Cl2N2. The predicted octanol–water partition coefficient (Wildman–Crippen LogP) is 6.22. The third-order valence-electron chi connectivity index (χ3n) is 4.99. The van der Waals surface area contributed by atoms with Crippen molar-refractivity contribution < 1.29 is 0 Å². The van der Waals surface area contributed by atoms with E-state index in [-0.39, 0.29) is 12.4 Å². The Labute approximate surface area is 171 Å². The van der Waals surface area contributed by atoms with Gasteiger partial charge in [-0.15, -0.1) is 12.4 Å². The summed E-state index contributed by atoms with van der Waals surface area (Å²) in [6.45, 7) is 5.03. The summed E-state index contributed by atoms with van der Waals surface area (Å²) in [7, 11) is 0. The number of benzene rings is 3. The van der Waals surface area contributed by atoms with Crippen LogP contribution in [0.5, 0.6) is 0 Å². The van der Waals surface area contributed by atoms with E-state index in [2.05, 4.69) is 71.4 Å². The minimum Gasteiger partial charge on any atom is -0.341 e. The van der Waals surface area contributed by atoms with Gasteiger partial charge in [-0.25, -0.2) is 0 Å². The van der Waals surface area contributed by atoms with Crippen molar-refractivity contribution in [2.75, 3.05) is 6.54 Å². The van der Waals surface area contributed by atoms with Crippen LogP contribution >= 0.6 is 24.0 Å². The molecule has 4 rings (SSSR count). The van der Waals surface area contributed by atoms with Crippen molar-refractivity contribution in [1.82, 2.24) is 9.88 Å². The molecule has 4 aromatic rings. The van der Waals surface area contributed by atoms with Gasteiger partial charge in [0, 0.05) is 39.9 Å². The zero-order chi connectivity index (χ0) is 17.9. The van der Waals surface area contributed by atoms with E-state index in [1.54, 1.807) is 0 Å². The Kier molecular flexibility index (Phi) is 6.43. The van der Waals surface area contributed by atoms with E-state index in [9.17, 15) is 0 Å². The Morgan fingerprint density at radius 3 is 2.33 bits per heavy atom. The fraction of sp³-hybridized carbons (Fsp3) is 0.217. The monoisotopic (exact) mass is 398 g/mol. The number of para-hydroxylation sites is 1. The smallest absolute Gasteiger partial charge is 0.0491 e. The minimum absolute atomic E-state index is 0. The highest BCUT2D eigenvalue weighted by Crippen LogP contribution is 2.29. The lowest BCUT2D eigenvalue weighted by atomic mass is 10.1. The molecule has 27 heavy (non-hydrogen) atoms. The molecular weight excluding hydrogens is 375 g/mol. The van der Waals surface area contributed by atoms with Gasteiger partial charge in [0.25, 0.3) is 0 Å². The van der Waals surface area contributed by atoms with Crippen LogP contribution in [-0.4, -0.2) is 11.1 Å². The molecule has 0 aliphatic rings. The van der Waals surface area contributed by atoms with Crippen molar-refractivity contribution in [2.45, 2.75) is 26.4 Å². The van der Waals surface area contributed by atoms with Gasteiger partial charge in [-0.3, -0.25) is 0 Å². The van der Waals surface area contributed by atoms with Crippen LogP contribution in [0, 0.1) is 0 Å². The fourth-order valence-electron chi connectivity index (χ4n) is 3.67.